The van der Waals surface area contributed by atoms with Crippen molar-refractivity contribution in [3.05, 3.63) is 83.9 Å². The first-order valence-corrected chi connectivity index (χ1v) is 9.19. The molecule has 0 bridgehead atoms. The van der Waals surface area contributed by atoms with E-state index in [0.29, 0.717) is 5.02 Å². The van der Waals surface area contributed by atoms with Gasteiger partial charge in [0.1, 0.15) is 22.3 Å². The van der Waals surface area contributed by atoms with Gasteiger partial charge < -0.3 is 8.83 Å². The Morgan fingerprint density at radius 2 is 1.26 bits per heavy atom. The summed E-state index contributed by atoms with van der Waals surface area (Å²) in [7, 11) is 0. The van der Waals surface area contributed by atoms with Gasteiger partial charge in [0.15, 0.2) is 0 Å². The smallest absolute Gasteiger partial charge is 0.143 e. The fraction of sp³-hybridized carbons (Fsp3) is 0. The molecule has 0 fully saturated rings. The summed E-state index contributed by atoms with van der Waals surface area (Å²) in [5, 5.41) is 4.96. The predicted octanol–water partition coefficient (Wildman–Crippen LogP) is 7.81. The first-order chi connectivity index (χ1) is 13.3. The molecule has 2 heterocycles. The van der Waals surface area contributed by atoms with Gasteiger partial charge in [-0.15, -0.1) is 0 Å². The van der Waals surface area contributed by atoms with Gasteiger partial charge in [0, 0.05) is 32.1 Å². The Morgan fingerprint density at radius 3 is 2.11 bits per heavy atom. The molecule has 4 aromatic carbocycles. The first-order valence-electron chi connectivity index (χ1n) is 8.81. The standard InChI is InChI=1S/C24H13ClO2/c25-14-12-18-15-6-1-3-9-20(15)27-24(18)19(13-14)16-8-5-11-22-23(16)17-7-2-4-10-21(17)26-22/h1-13H. The normalized spacial score (nSPS) is 11.9. The molecule has 0 saturated carbocycles. The van der Waals surface area contributed by atoms with Gasteiger partial charge in [-0.1, -0.05) is 60.1 Å². The van der Waals surface area contributed by atoms with E-state index >= 15 is 0 Å². The molecule has 0 atom stereocenters. The Kier molecular flexibility index (Phi) is 2.97. The number of hydrogen-bond donors (Lipinski definition) is 0. The van der Waals surface area contributed by atoms with Crippen molar-refractivity contribution in [2.45, 2.75) is 0 Å². The molecule has 0 saturated heterocycles. The van der Waals surface area contributed by atoms with Crippen LogP contribution in [0.25, 0.3) is 55.0 Å². The molecule has 0 aliphatic heterocycles. The molecule has 128 valence electrons. The summed E-state index contributed by atoms with van der Waals surface area (Å²) in [5.41, 5.74) is 5.48. The molecule has 0 amide bonds. The first kappa shape index (κ1) is 14.9. The maximum absolute atomic E-state index is 6.51. The van der Waals surface area contributed by atoms with Gasteiger partial charge in [0.2, 0.25) is 0 Å². The van der Waals surface area contributed by atoms with E-state index in [1.807, 2.05) is 60.7 Å². The molecule has 0 aliphatic carbocycles. The predicted molar refractivity (Wildman–Crippen MR) is 111 cm³/mol. The van der Waals surface area contributed by atoms with Gasteiger partial charge in [0.25, 0.3) is 0 Å². The molecule has 3 heteroatoms. The van der Waals surface area contributed by atoms with Crippen LogP contribution in [0.1, 0.15) is 0 Å². The van der Waals surface area contributed by atoms with Crippen molar-refractivity contribution in [3.8, 4) is 11.1 Å². The van der Waals surface area contributed by atoms with Crippen LogP contribution in [0.3, 0.4) is 0 Å². The van der Waals surface area contributed by atoms with Gasteiger partial charge in [-0.2, -0.15) is 0 Å². The summed E-state index contributed by atoms with van der Waals surface area (Å²) < 4.78 is 12.3. The van der Waals surface area contributed by atoms with Gasteiger partial charge in [-0.05, 0) is 35.9 Å². The van der Waals surface area contributed by atoms with Crippen LogP contribution in [0.15, 0.2) is 87.7 Å². The molecule has 0 radical (unpaired) electrons. The maximum Gasteiger partial charge on any atom is 0.143 e. The number of halogens is 1. The van der Waals surface area contributed by atoms with Crippen LogP contribution < -0.4 is 0 Å². The van der Waals surface area contributed by atoms with E-state index in [0.717, 1.165) is 55.0 Å². The van der Waals surface area contributed by atoms with Crippen molar-refractivity contribution in [1.29, 1.82) is 0 Å². The Labute approximate surface area is 159 Å². The molecule has 0 aliphatic rings. The summed E-state index contributed by atoms with van der Waals surface area (Å²) in [5.74, 6) is 0. The minimum atomic E-state index is 0.689. The van der Waals surface area contributed by atoms with Crippen molar-refractivity contribution in [1.82, 2.24) is 0 Å². The van der Waals surface area contributed by atoms with Crippen molar-refractivity contribution >= 4 is 55.5 Å². The summed E-state index contributed by atoms with van der Waals surface area (Å²) in [6.07, 6.45) is 0. The van der Waals surface area contributed by atoms with Crippen LogP contribution in [0, 0.1) is 0 Å². The fourth-order valence-corrected chi connectivity index (χ4v) is 4.21. The lowest BCUT2D eigenvalue weighted by atomic mass is 9.97. The number of para-hydroxylation sites is 2. The SMILES string of the molecule is Clc1cc(-c2cccc3oc4ccccc4c23)c2oc3ccccc3c2c1. The molecule has 6 aromatic rings. The quantitative estimate of drug-likeness (QED) is 0.296. The number of benzene rings is 4. The molecule has 6 rings (SSSR count). The van der Waals surface area contributed by atoms with E-state index in [1.54, 1.807) is 0 Å². The van der Waals surface area contributed by atoms with Crippen molar-refractivity contribution in [2.75, 3.05) is 0 Å². The Bertz CT molecular complexity index is 1490. The summed E-state index contributed by atoms with van der Waals surface area (Å²) in [4.78, 5) is 0. The molecule has 0 unspecified atom stereocenters. The molecule has 27 heavy (non-hydrogen) atoms. The van der Waals surface area contributed by atoms with Crippen molar-refractivity contribution < 1.29 is 8.83 Å². The van der Waals surface area contributed by atoms with E-state index < -0.39 is 0 Å². The number of fused-ring (bicyclic) bond motifs is 6. The fourth-order valence-electron chi connectivity index (χ4n) is 3.99. The Hall–Kier alpha value is -3.23. The van der Waals surface area contributed by atoms with Crippen LogP contribution in [0.4, 0.5) is 0 Å². The van der Waals surface area contributed by atoms with Crippen LogP contribution in [-0.4, -0.2) is 0 Å². The average Bonchev–Trinajstić information content (AvgIpc) is 3.25. The lowest BCUT2D eigenvalue weighted by Crippen LogP contribution is -1.81. The van der Waals surface area contributed by atoms with Crippen LogP contribution in [0.2, 0.25) is 5.02 Å². The van der Waals surface area contributed by atoms with Crippen LogP contribution in [0.5, 0.6) is 0 Å². The minimum absolute atomic E-state index is 0.689. The van der Waals surface area contributed by atoms with E-state index in [-0.39, 0.29) is 0 Å². The van der Waals surface area contributed by atoms with E-state index in [9.17, 15) is 0 Å². The summed E-state index contributed by atoms with van der Waals surface area (Å²) >= 11 is 6.51. The van der Waals surface area contributed by atoms with Gasteiger partial charge in [-0.3, -0.25) is 0 Å². The van der Waals surface area contributed by atoms with Gasteiger partial charge in [-0.25, -0.2) is 0 Å². The Balaban J connectivity index is 1.81. The minimum Gasteiger partial charge on any atom is -0.456 e. The van der Waals surface area contributed by atoms with Crippen molar-refractivity contribution in [2.24, 2.45) is 0 Å². The third-order valence-electron chi connectivity index (χ3n) is 5.14. The largest absolute Gasteiger partial charge is 0.456 e. The average molecular weight is 369 g/mol. The molecule has 0 spiro atoms. The second kappa shape index (κ2) is 5.38. The monoisotopic (exact) mass is 368 g/mol. The van der Waals surface area contributed by atoms with Gasteiger partial charge >= 0.3 is 0 Å². The van der Waals surface area contributed by atoms with Crippen molar-refractivity contribution in [3.63, 3.8) is 0 Å². The van der Waals surface area contributed by atoms with E-state index in [1.165, 1.54) is 0 Å². The van der Waals surface area contributed by atoms with Crippen LogP contribution >= 0.6 is 11.6 Å². The molecular weight excluding hydrogens is 356 g/mol. The number of furan rings is 2. The zero-order valence-corrected chi connectivity index (χ0v) is 15.0. The molecule has 0 N–H and O–H groups in total. The maximum atomic E-state index is 6.51. The van der Waals surface area contributed by atoms with E-state index in [4.69, 9.17) is 20.4 Å². The molecule has 2 nitrogen and oxygen atoms in total. The highest BCUT2D eigenvalue weighted by Crippen LogP contribution is 2.42. The summed E-state index contributed by atoms with van der Waals surface area (Å²) in [6.45, 7) is 0. The second-order valence-electron chi connectivity index (χ2n) is 6.71. The number of rotatable bonds is 1. The molecular formula is C24H13ClO2. The zero-order valence-electron chi connectivity index (χ0n) is 14.2. The van der Waals surface area contributed by atoms with E-state index in [2.05, 4.69) is 18.2 Å². The van der Waals surface area contributed by atoms with Crippen LogP contribution in [-0.2, 0) is 0 Å². The number of hydrogen-bond acceptors (Lipinski definition) is 2. The highest BCUT2D eigenvalue weighted by Gasteiger charge is 2.18. The third kappa shape index (κ3) is 2.08. The zero-order chi connectivity index (χ0) is 18.0. The topological polar surface area (TPSA) is 26.3 Å². The lowest BCUT2D eigenvalue weighted by Gasteiger charge is -2.06. The highest BCUT2D eigenvalue weighted by atomic mass is 35.5. The van der Waals surface area contributed by atoms with Gasteiger partial charge in [0.05, 0.1) is 0 Å². The summed E-state index contributed by atoms with van der Waals surface area (Å²) in [6, 6.07) is 26.2. The second-order valence-corrected chi connectivity index (χ2v) is 7.14. The molecule has 2 aromatic heterocycles. The third-order valence-corrected chi connectivity index (χ3v) is 5.35. The lowest BCUT2D eigenvalue weighted by molar-refractivity contribution is 0.668. The Morgan fingerprint density at radius 1 is 0.556 bits per heavy atom. The highest BCUT2D eigenvalue weighted by molar-refractivity contribution is 6.33.